The Balaban J connectivity index is 1.76. The van der Waals surface area contributed by atoms with Crippen molar-refractivity contribution in [3.63, 3.8) is 0 Å². The molecule has 0 amide bonds. The van der Waals surface area contributed by atoms with E-state index < -0.39 is 0 Å². The zero-order valence-corrected chi connectivity index (χ0v) is 13.1. The lowest BCUT2D eigenvalue weighted by Gasteiger charge is -2.27. The molecule has 2 atom stereocenters. The topological polar surface area (TPSA) is 64.9 Å². The Hall–Kier alpha value is -1.27. The molecule has 3 rings (SSSR count). The molecule has 1 aromatic carbocycles. The summed E-state index contributed by atoms with van der Waals surface area (Å²) in [7, 11) is 0. The Kier molecular flexibility index (Phi) is 4.35. The molecular weight excluding hydrogens is 337 g/mol. The van der Waals surface area contributed by atoms with Crippen LogP contribution in [0.5, 0.6) is 0 Å². The van der Waals surface area contributed by atoms with E-state index in [0.29, 0.717) is 28.5 Å². The molecule has 1 saturated carbocycles. The van der Waals surface area contributed by atoms with Gasteiger partial charge >= 0.3 is 0 Å². The number of hydrogen-bond donors (Lipinski definition) is 1. The zero-order valence-electron chi connectivity index (χ0n) is 11.6. The van der Waals surface area contributed by atoms with Gasteiger partial charge in [0.15, 0.2) is 0 Å². The quantitative estimate of drug-likeness (QED) is 0.913. The molecule has 21 heavy (non-hydrogen) atoms. The van der Waals surface area contributed by atoms with Crippen LogP contribution in [0.1, 0.15) is 31.6 Å². The molecule has 0 spiro atoms. The van der Waals surface area contributed by atoms with Crippen molar-refractivity contribution in [1.29, 1.82) is 0 Å². The first-order valence-electron chi connectivity index (χ1n) is 7.17. The highest BCUT2D eigenvalue weighted by molar-refractivity contribution is 9.10. The smallest absolute Gasteiger partial charge is 0.227 e. The SMILES string of the molecule is NC1CCCCC1Cc1nc(-c2ccc(F)cc2Br)no1. The van der Waals surface area contributed by atoms with Crippen LogP contribution >= 0.6 is 15.9 Å². The monoisotopic (exact) mass is 353 g/mol. The van der Waals surface area contributed by atoms with Crippen LogP contribution < -0.4 is 5.73 Å². The molecule has 1 aliphatic rings. The Morgan fingerprint density at radius 3 is 2.90 bits per heavy atom. The van der Waals surface area contributed by atoms with E-state index in [4.69, 9.17) is 10.3 Å². The Morgan fingerprint density at radius 1 is 1.33 bits per heavy atom. The van der Waals surface area contributed by atoms with Crippen LogP contribution in [-0.4, -0.2) is 16.2 Å². The van der Waals surface area contributed by atoms with Gasteiger partial charge in [-0.1, -0.05) is 18.0 Å². The van der Waals surface area contributed by atoms with Crippen molar-refractivity contribution in [1.82, 2.24) is 10.1 Å². The van der Waals surface area contributed by atoms with Gasteiger partial charge in [-0.3, -0.25) is 0 Å². The molecule has 0 saturated heterocycles. The number of hydrogen-bond acceptors (Lipinski definition) is 4. The molecule has 4 nitrogen and oxygen atoms in total. The normalized spacial score (nSPS) is 22.4. The average molecular weight is 354 g/mol. The van der Waals surface area contributed by atoms with Gasteiger partial charge in [-0.15, -0.1) is 0 Å². The van der Waals surface area contributed by atoms with Gasteiger partial charge in [-0.25, -0.2) is 4.39 Å². The second kappa shape index (κ2) is 6.23. The second-order valence-corrected chi connectivity index (χ2v) is 6.40. The van der Waals surface area contributed by atoms with Crippen molar-refractivity contribution >= 4 is 15.9 Å². The van der Waals surface area contributed by atoms with E-state index in [2.05, 4.69) is 26.1 Å². The lowest BCUT2D eigenvalue weighted by atomic mass is 9.83. The maximum Gasteiger partial charge on any atom is 0.227 e. The Labute approximate surface area is 131 Å². The van der Waals surface area contributed by atoms with Gasteiger partial charge in [0, 0.05) is 22.5 Å². The molecular formula is C15H17BrFN3O. The van der Waals surface area contributed by atoms with Crippen molar-refractivity contribution in [3.05, 3.63) is 34.4 Å². The van der Waals surface area contributed by atoms with Gasteiger partial charge in [0.2, 0.25) is 11.7 Å². The third-order valence-corrected chi connectivity index (χ3v) is 4.70. The minimum absolute atomic E-state index is 0.214. The van der Waals surface area contributed by atoms with Crippen LogP contribution in [0.3, 0.4) is 0 Å². The number of nitrogens with zero attached hydrogens (tertiary/aromatic N) is 2. The van der Waals surface area contributed by atoms with Crippen LogP contribution in [0, 0.1) is 11.7 Å². The predicted octanol–water partition coefficient (Wildman–Crippen LogP) is 3.70. The highest BCUT2D eigenvalue weighted by Crippen LogP contribution is 2.29. The summed E-state index contributed by atoms with van der Waals surface area (Å²) in [6.07, 6.45) is 5.30. The molecule has 0 radical (unpaired) electrons. The third-order valence-electron chi connectivity index (χ3n) is 4.04. The summed E-state index contributed by atoms with van der Waals surface area (Å²) < 4.78 is 19.1. The predicted molar refractivity (Wildman–Crippen MR) is 81.0 cm³/mol. The van der Waals surface area contributed by atoms with E-state index in [1.807, 2.05) is 0 Å². The molecule has 1 aliphatic carbocycles. The van der Waals surface area contributed by atoms with Crippen molar-refractivity contribution in [2.24, 2.45) is 11.7 Å². The standard InChI is InChI=1S/C15H17BrFN3O/c16-12-8-10(17)5-6-11(12)15-19-14(21-20-15)7-9-3-1-2-4-13(9)18/h5-6,8-9,13H,1-4,7,18H2. The van der Waals surface area contributed by atoms with Crippen LogP contribution in [0.2, 0.25) is 0 Å². The third kappa shape index (κ3) is 3.32. The van der Waals surface area contributed by atoms with Crippen LogP contribution in [-0.2, 0) is 6.42 Å². The fourth-order valence-corrected chi connectivity index (χ4v) is 3.36. The Morgan fingerprint density at radius 2 is 2.14 bits per heavy atom. The molecule has 2 unspecified atom stereocenters. The number of halogens is 2. The maximum absolute atomic E-state index is 13.1. The number of aromatic nitrogens is 2. The summed E-state index contributed by atoms with van der Waals surface area (Å²) in [6, 6.07) is 4.63. The van der Waals surface area contributed by atoms with E-state index in [-0.39, 0.29) is 11.9 Å². The van der Waals surface area contributed by atoms with Gasteiger partial charge in [-0.05, 0) is 52.9 Å². The first-order chi connectivity index (χ1) is 10.1. The summed E-state index contributed by atoms with van der Waals surface area (Å²) in [5, 5.41) is 3.99. The van der Waals surface area contributed by atoms with Gasteiger partial charge in [0.25, 0.3) is 0 Å². The second-order valence-electron chi connectivity index (χ2n) is 5.55. The highest BCUT2D eigenvalue weighted by Gasteiger charge is 2.24. The van der Waals surface area contributed by atoms with Crippen molar-refractivity contribution in [2.75, 3.05) is 0 Å². The molecule has 2 N–H and O–H groups in total. The van der Waals surface area contributed by atoms with Crippen molar-refractivity contribution in [2.45, 2.75) is 38.1 Å². The molecule has 6 heteroatoms. The van der Waals surface area contributed by atoms with Gasteiger partial charge in [-0.2, -0.15) is 4.98 Å². The van der Waals surface area contributed by atoms with Crippen molar-refractivity contribution < 1.29 is 8.91 Å². The summed E-state index contributed by atoms with van der Waals surface area (Å²) in [5.74, 6) is 1.18. The van der Waals surface area contributed by atoms with Gasteiger partial charge in [0.05, 0.1) is 0 Å². The summed E-state index contributed by atoms with van der Waals surface area (Å²) in [6.45, 7) is 0. The molecule has 1 aromatic heterocycles. The van der Waals surface area contributed by atoms with E-state index in [9.17, 15) is 4.39 Å². The Bertz CT molecular complexity index is 631. The summed E-state index contributed by atoms with van der Waals surface area (Å²) in [4.78, 5) is 4.41. The molecule has 1 heterocycles. The first kappa shape index (κ1) is 14.7. The lowest BCUT2D eigenvalue weighted by Crippen LogP contribution is -2.34. The highest BCUT2D eigenvalue weighted by atomic mass is 79.9. The van der Waals surface area contributed by atoms with Crippen LogP contribution in [0.25, 0.3) is 11.4 Å². The molecule has 0 aliphatic heterocycles. The molecule has 2 aromatic rings. The number of benzene rings is 1. The van der Waals surface area contributed by atoms with E-state index in [1.54, 1.807) is 6.07 Å². The lowest BCUT2D eigenvalue weighted by molar-refractivity contribution is 0.273. The minimum atomic E-state index is -0.303. The van der Waals surface area contributed by atoms with E-state index >= 15 is 0 Å². The summed E-state index contributed by atoms with van der Waals surface area (Å²) >= 11 is 3.32. The largest absolute Gasteiger partial charge is 0.339 e. The molecule has 0 bridgehead atoms. The summed E-state index contributed by atoms with van der Waals surface area (Å²) in [5.41, 5.74) is 6.87. The number of nitrogens with two attached hydrogens (primary N) is 1. The van der Waals surface area contributed by atoms with Crippen molar-refractivity contribution in [3.8, 4) is 11.4 Å². The van der Waals surface area contributed by atoms with Gasteiger partial charge < -0.3 is 10.3 Å². The zero-order chi connectivity index (χ0) is 14.8. The maximum atomic E-state index is 13.1. The number of rotatable bonds is 3. The average Bonchev–Trinajstić information content (AvgIpc) is 2.90. The minimum Gasteiger partial charge on any atom is -0.339 e. The first-order valence-corrected chi connectivity index (χ1v) is 7.96. The van der Waals surface area contributed by atoms with Crippen LogP contribution in [0.15, 0.2) is 27.2 Å². The fraction of sp³-hybridized carbons (Fsp3) is 0.467. The fourth-order valence-electron chi connectivity index (χ4n) is 2.83. The molecule has 1 fully saturated rings. The van der Waals surface area contributed by atoms with Gasteiger partial charge in [0.1, 0.15) is 5.82 Å². The van der Waals surface area contributed by atoms with Crippen LogP contribution in [0.4, 0.5) is 4.39 Å². The van der Waals surface area contributed by atoms with E-state index in [0.717, 1.165) is 18.4 Å². The molecule has 112 valence electrons. The van der Waals surface area contributed by atoms with E-state index in [1.165, 1.54) is 25.0 Å².